The number of hydrogen-bond donors (Lipinski definition) is 1. The van der Waals surface area contributed by atoms with Gasteiger partial charge in [0.15, 0.2) is 0 Å². The predicted octanol–water partition coefficient (Wildman–Crippen LogP) is 4.87. The maximum Gasteiger partial charge on any atom is 0.259 e. The molecule has 0 saturated heterocycles. The van der Waals surface area contributed by atoms with Gasteiger partial charge in [-0.3, -0.25) is 4.79 Å². The molecule has 2 aromatic heterocycles. The number of anilines is 1. The summed E-state index contributed by atoms with van der Waals surface area (Å²) >= 11 is 0. The highest BCUT2D eigenvalue weighted by molar-refractivity contribution is 6.13. The molecule has 5 nitrogen and oxygen atoms in total. The lowest BCUT2D eigenvalue weighted by Crippen LogP contribution is -2.14. The monoisotopic (exact) mass is 383 g/mol. The molecule has 0 saturated carbocycles. The first kappa shape index (κ1) is 17.7. The first-order valence-electron chi connectivity index (χ1n) is 8.22. The van der Waals surface area contributed by atoms with E-state index in [9.17, 15) is 18.0 Å². The highest BCUT2D eigenvalue weighted by Crippen LogP contribution is 2.28. The topological polar surface area (TPSA) is 68.0 Å². The lowest BCUT2D eigenvalue weighted by atomic mass is 10.0. The number of fused-ring (bicyclic) bond motifs is 1. The second kappa shape index (κ2) is 6.80. The van der Waals surface area contributed by atoms with Crippen molar-refractivity contribution >= 4 is 22.7 Å². The third kappa shape index (κ3) is 3.20. The molecule has 0 fully saturated rings. The minimum Gasteiger partial charge on any atom is -0.335 e. The number of hydrogen-bond acceptors (Lipinski definition) is 4. The second-order valence-corrected chi connectivity index (χ2v) is 6.09. The third-order valence-electron chi connectivity index (χ3n) is 4.18. The van der Waals surface area contributed by atoms with E-state index in [2.05, 4.69) is 15.5 Å². The zero-order chi connectivity index (χ0) is 19.8. The number of carbonyl (C=O) groups is 1. The molecule has 0 aliphatic heterocycles. The molecule has 2 aromatic carbocycles. The summed E-state index contributed by atoms with van der Waals surface area (Å²) in [6, 6.07) is 9.73. The van der Waals surface area contributed by atoms with E-state index in [1.54, 1.807) is 6.92 Å². The summed E-state index contributed by atoms with van der Waals surface area (Å²) in [5.41, 5.74) is 1.22. The summed E-state index contributed by atoms with van der Waals surface area (Å²) < 4.78 is 45.7. The van der Waals surface area contributed by atoms with Gasteiger partial charge >= 0.3 is 0 Å². The van der Waals surface area contributed by atoms with Crippen LogP contribution in [0.1, 0.15) is 16.1 Å². The van der Waals surface area contributed by atoms with Gasteiger partial charge in [0.2, 0.25) is 0 Å². The van der Waals surface area contributed by atoms with Gasteiger partial charge in [-0.2, -0.15) is 0 Å². The Bertz CT molecular complexity index is 1200. The van der Waals surface area contributed by atoms with Crippen molar-refractivity contribution < 1.29 is 22.5 Å². The number of pyridine rings is 1. The Morgan fingerprint density at radius 1 is 1.00 bits per heavy atom. The van der Waals surface area contributed by atoms with Gasteiger partial charge in [-0.15, -0.1) is 0 Å². The molecule has 0 unspecified atom stereocenters. The minimum atomic E-state index is -0.777. The average Bonchev–Trinajstić information content (AvgIpc) is 3.05. The molecule has 0 radical (unpaired) electrons. The molecule has 0 spiro atoms. The molecular formula is C20H12F3N3O2. The fourth-order valence-corrected chi connectivity index (χ4v) is 2.83. The molecule has 0 bridgehead atoms. The summed E-state index contributed by atoms with van der Waals surface area (Å²) in [5.74, 6) is -2.57. The van der Waals surface area contributed by atoms with Crippen LogP contribution in [0.5, 0.6) is 0 Å². The molecule has 0 atom stereocenters. The van der Waals surface area contributed by atoms with Crippen molar-refractivity contribution in [3.05, 3.63) is 77.2 Å². The van der Waals surface area contributed by atoms with Gasteiger partial charge in [-0.1, -0.05) is 5.16 Å². The van der Waals surface area contributed by atoms with E-state index in [1.807, 2.05) is 0 Å². The molecule has 4 aromatic rings. The number of benzene rings is 2. The van der Waals surface area contributed by atoms with Crippen molar-refractivity contribution in [2.75, 3.05) is 5.32 Å². The summed E-state index contributed by atoms with van der Waals surface area (Å²) in [7, 11) is 0. The van der Waals surface area contributed by atoms with Gasteiger partial charge in [-0.05, 0) is 49.4 Å². The smallest absolute Gasteiger partial charge is 0.259 e. The highest BCUT2D eigenvalue weighted by atomic mass is 19.1. The standard InChI is InChI=1S/C20H12F3N3O2/c1-10-18-14(19(27)24-17-8-13(22)6-7-15(17)23)9-16(25-20(18)28-26-10)11-2-4-12(21)5-3-11/h2-9H,1H3,(H,24,27). The van der Waals surface area contributed by atoms with Crippen molar-refractivity contribution in [1.82, 2.24) is 10.1 Å². The van der Waals surface area contributed by atoms with Crippen molar-refractivity contribution in [3.8, 4) is 11.3 Å². The van der Waals surface area contributed by atoms with Gasteiger partial charge < -0.3 is 9.84 Å². The fourth-order valence-electron chi connectivity index (χ4n) is 2.83. The van der Waals surface area contributed by atoms with E-state index >= 15 is 0 Å². The van der Waals surface area contributed by atoms with E-state index < -0.39 is 23.4 Å². The van der Waals surface area contributed by atoms with E-state index in [1.165, 1.54) is 30.3 Å². The first-order chi connectivity index (χ1) is 13.4. The van der Waals surface area contributed by atoms with Gasteiger partial charge in [0.25, 0.3) is 11.6 Å². The molecule has 4 rings (SSSR count). The SMILES string of the molecule is Cc1noc2nc(-c3ccc(F)cc3)cc(C(=O)Nc3cc(F)ccc3F)c12. The molecule has 28 heavy (non-hydrogen) atoms. The number of carbonyl (C=O) groups excluding carboxylic acids is 1. The first-order valence-corrected chi connectivity index (χ1v) is 8.22. The largest absolute Gasteiger partial charge is 0.335 e. The number of amides is 1. The van der Waals surface area contributed by atoms with Gasteiger partial charge in [-0.25, -0.2) is 18.2 Å². The van der Waals surface area contributed by atoms with Crippen molar-refractivity contribution in [2.24, 2.45) is 0 Å². The number of nitrogens with zero attached hydrogens (tertiary/aromatic N) is 2. The Labute approximate surface area is 156 Å². The Morgan fingerprint density at radius 3 is 2.46 bits per heavy atom. The summed E-state index contributed by atoms with van der Waals surface area (Å²) in [6.45, 7) is 1.63. The van der Waals surface area contributed by atoms with E-state index in [-0.39, 0.29) is 17.0 Å². The van der Waals surface area contributed by atoms with E-state index in [0.717, 1.165) is 18.2 Å². The second-order valence-electron chi connectivity index (χ2n) is 6.09. The minimum absolute atomic E-state index is 0.101. The summed E-state index contributed by atoms with van der Waals surface area (Å²) in [6.07, 6.45) is 0. The maximum atomic E-state index is 13.9. The van der Waals surface area contributed by atoms with Crippen molar-refractivity contribution in [3.63, 3.8) is 0 Å². The molecule has 1 N–H and O–H groups in total. The molecule has 0 aliphatic carbocycles. The molecule has 0 aliphatic rings. The molecular weight excluding hydrogens is 371 g/mol. The predicted molar refractivity (Wildman–Crippen MR) is 96.2 cm³/mol. The van der Waals surface area contributed by atoms with E-state index in [0.29, 0.717) is 22.3 Å². The summed E-state index contributed by atoms with van der Waals surface area (Å²) in [4.78, 5) is 17.1. The van der Waals surface area contributed by atoms with Gasteiger partial charge in [0.1, 0.15) is 17.5 Å². The number of halogens is 3. The van der Waals surface area contributed by atoms with Crippen LogP contribution in [0.3, 0.4) is 0 Å². The Kier molecular flexibility index (Phi) is 4.31. The number of nitrogens with one attached hydrogen (secondary N) is 1. The lowest BCUT2D eigenvalue weighted by molar-refractivity contribution is 0.102. The fraction of sp³-hybridized carbons (Fsp3) is 0.0500. The number of rotatable bonds is 3. The molecule has 1 amide bonds. The van der Waals surface area contributed by atoms with Gasteiger partial charge in [0.05, 0.1) is 28.0 Å². The van der Waals surface area contributed by atoms with Crippen LogP contribution < -0.4 is 5.32 Å². The average molecular weight is 383 g/mol. The number of aromatic nitrogens is 2. The quantitative estimate of drug-likeness (QED) is 0.548. The normalized spacial score (nSPS) is 11.0. The van der Waals surface area contributed by atoms with E-state index in [4.69, 9.17) is 4.52 Å². The Morgan fingerprint density at radius 2 is 1.71 bits per heavy atom. The Balaban J connectivity index is 1.82. The van der Waals surface area contributed by atoms with Crippen LogP contribution >= 0.6 is 0 Å². The summed E-state index contributed by atoms with van der Waals surface area (Å²) in [5, 5.41) is 6.52. The maximum absolute atomic E-state index is 13.9. The lowest BCUT2D eigenvalue weighted by Gasteiger charge is -2.09. The van der Waals surface area contributed by atoms with Crippen molar-refractivity contribution in [2.45, 2.75) is 6.92 Å². The number of aryl methyl sites for hydroxylation is 1. The third-order valence-corrected chi connectivity index (χ3v) is 4.18. The van der Waals surface area contributed by atoms with Crippen LogP contribution in [-0.4, -0.2) is 16.0 Å². The Hall–Kier alpha value is -3.68. The van der Waals surface area contributed by atoms with Crippen LogP contribution in [0.15, 0.2) is 53.1 Å². The highest BCUT2D eigenvalue weighted by Gasteiger charge is 2.20. The molecule has 2 heterocycles. The molecule has 140 valence electrons. The zero-order valence-corrected chi connectivity index (χ0v) is 14.5. The van der Waals surface area contributed by atoms with Gasteiger partial charge in [0, 0.05) is 11.6 Å². The molecule has 8 heteroatoms. The zero-order valence-electron chi connectivity index (χ0n) is 14.5. The van der Waals surface area contributed by atoms with Crippen LogP contribution in [-0.2, 0) is 0 Å². The van der Waals surface area contributed by atoms with Crippen LogP contribution in [0.25, 0.3) is 22.4 Å². The van der Waals surface area contributed by atoms with Crippen molar-refractivity contribution in [1.29, 1.82) is 0 Å². The van der Waals surface area contributed by atoms with Crippen LogP contribution in [0, 0.1) is 24.4 Å². The van der Waals surface area contributed by atoms with Crippen LogP contribution in [0.2, 0.25) is 0 Å². The van der Waals surface area contributed by atoms with Crippen LogP contribution in [0.4, 0.5) is 18.9 Å².